The molecule has 5 rings (SSSR count). The molecule has 0 unspecified atom stereocenters. The number of thiophene rings is 1. The van der Waals surface area contributed by atoms with Crippen molar-refractivity contribution >= 4 is 23.1 Å². The minimum atomic E-state index is -0.362. The lowest BCUT2D eigenvalue weighted by Gasteiger charge is -2.11. The predicted molar refractivity (Wildman–Crippen MR) is 138 cm³/mol. The number of hydrogen-bond donors (Lipinski definition) is 2. The van der Waals surface area contributed by atoms with Crippen molar-refractivity contribution in [1.82, 2.24) is 19.7 Å². The maximum atomic E-state index is 13.2. The standard InChI is InChI=1S/C27H22FN5O2S/c1-17-21(14-18-6-3-2-4-7-18)26(35)31-27(29-17)33-24(16-22(32-33)23-8-5-13-36-23)30-25(34)15-19-9-11-20(28)12-10-19/h2-13,16H,14-15H2,1H3,(H,30,34)(H,29,31,35). The number of aromatic amines is 1. The van der Waals surface area contributed by atoms with Gasteiger partial charge in [-0.05, 0) is 41.6 Å². The van der Waals surface area contributed by atoms with E-state index in [0.29, 0.717) is 34.8 Å². The summed E-state index contributed by atoms with van der Waals surface area (Å²) in [6.45, 7) is 1.79. The molecule has 0 aliphatic rings. The summed E-state index contributed by atoms with van der Waals surface area (Å²) in [4.78, 5) is 34.2. The molecule has 2 N–H and O–H groups in total. The number of nitrogens with zero attached hydrogens (tertiary/aromatic N) is 3. The van der Waals surface area contributed by atoms with Gasteiger partial charge in [-0.25, -0.2) is 9.37 Å². The number of H-pyrrole nitrogens is 1. The molecule has 3 aromatic heterocycles. The van der Waals surface area contributed by atoms with Gasteiger partial charge in [-0.3, -0.25) is 14.6 Å². The van der Waals surface area contributed by atoms with Crippen molar-refractivity contribution in [3.05, 3.63) is 117 Å². The first kappa shape index (κ1) is 23.4. The fourth-order valence-electron chi connectivity index (χ4n) is 3.86. The lowest BCUT2D eigenvalue weighted by Crippen LogP contribution is -2.22. The molecule has 180 valence electrons. The van der Waals surface area contributed by atoms with E-state index in [4.69, 9.17) is 0 Å². The van der Waals surface area contributed by atoms with Crippen molar-refractivity contribution in [2.75, 3.05) is 5.32 Å². The van der Waals surface area contributed by atoms with Crippen molar-refractivity contribution in [2.24, 2.45) is 0 Å². The average Bonchev–Trinajstić information content (AvgIpc) is 3.54. The van der Waals surface area contributed by atoms with E-state index in [9.17, 15) is 14.0 Å². The van der Waals surface area contributed by atoms with Crippen molar-refractivity contribution in [3.8, 4) is 16.5 Å². The normalized spacial score (nSPS) is 10.9. The van der Waals surface area contributed by atoms with E-state index < -0.39 is 0 Å². The Morgan fingerprint density at radius 3 is 2.53 bits per heavy atom. The summed E-state index contributed by atoms with van der Waals surface area (Å²) in [7, 11) is 0. The highest BCUT2D eigenvalue weighted by Gasteiger charge is 2.18. The van der Waals surface area contributed by atoms with Crippen molar-refractivity contribution in [1.29, 1.82) is 0 Å². The van der Waals surface area contributed by atoms with Gasteiger partial charge >= 0.3 is 0 Å². The smallest absolute Gasteiger partial charge is 0.256 e. The summed E-state index contributed by atoms with van der Waals surface area (Å²) in [5, 5.41) is 9.41. The Morgan fingerprint density at radius 1 is 1.06 bits per heavy atom. The maximum absolute atomic E-state index is 13.2. The van der Waals surface area contributed by atoms with Gasteiger partial charge in [-0.2, -0.15) is 9.78 Å². The zero-order chi connectivity index (χ0) is 25.1. The zero-order valence-corrected chi connectivity index (χ0v) is 20.2. The Bertz CT molecular complexity index is 1560. The van der Waals surface area contributed by atoms with Crippen LogP contribution in [0.15, 0.2) is 83.0 Å². The molecule has 0 spiro atoms. The summed E-state index contributed by atoms with van der Waals surface area (Å²) in [5.74, 6) is -0.0998. The summed E-state index contributed by atoms with van der Waals surface area (Å²) >= 11 is 1.51. The second-order valence-electron chi connectivity index (χ2n) is 8.27. The zero-order valence-electron chi connectivity index (χ0n) is 19.4. The highest BCUT2D eigenvalue weighted by atomic mass is 32.1. The van der Waals surface area contributed by atoms with E-state index in [1.165, 1.54) is 28.2 Å². The summed E-state index contributed by atoms with van der Waals surface area (Å²) < 4.78 is 14.6. The van der Waals surface area contributed by atoms with Gasteiger partial charge in [0.2, 0.25) is 11.9 Å². The molecule has 0 atom stereocenters. The molecule has 2 aromatic carbocycles. The van der Waals surface area contributed by atoms with E-state index in [-0.39, 0.29) is 29.7 Å². The summed E-state index contributed by atoms with van der Waals surface area (Å²) in [6.07, 6.45) is 0.509. The van der Waals surface area contributed by atoms with Crippen LogP contribution in [-0.2, 0) is 17.6 Å². The van der Waals surface area contributed by atoms with E-state index in [2.05, 4.69) is 20.4 Å². The molecule has 7 nitrogen and oxygen atoms in total. The molecular formula is C27H22FN5O2S. The van der Waals surface area contributed by atoms with Crippen LogP contribution >= 0.6 is 11.3 Å². The van der Waals surface area contributed by atoms with Gasteiger partial charge in [0.25, 0.3) is 5.56 Å². The van der Waals surface area contributed by atoms with Gasteiger partial charge < -0.3 is 5.32 Å². The first-order valence-corrected chi connectivity index (χ1v) is 12.2. The van der Waals surface area contributed by atoms with Crippen LogP contribution in [0.4, 0.5) is 10.2 Å². The number of halogens is 1. The van der Waals surface area contributed by atoms with Crippen molar-refractivity contribution in [3.63, 3.8) is 0 Å². The average molecular weight is 500 g/mol. The van der Waals surface area contributed by atoms with Gasteiger partial charge in [0, 0.05) is 18.1 Å². The van der Waals surface area contributed by atoms with Crippen LogP contribution in [-0.4, -0.2) is 25.7 Å². The van der Waals surface area contributed by atoms with Gasteiger partial charge in [0.15, 0.2) is 0 Å². The molecule has 1 amide bonds. The highest BCUT2D eigenvalue weighted by molar-refractivity contribution is 7.13. The number of benzene rings is 2. The fourth-order valence-corrected chi connectivity index (χ4v) is 4.54. The Hall–Kier alpha value is -4.37. The molecule has 0 radical (unpaired) electrons. The Kier molecular flexibility index (Phi) is 6.55. The number of aryl methyl sites for hydroxylation is 1. The molecule has 3 heterocycles. The third-order valence-corrected chi connectivity index (χ3v) is 6.55. The third-order valence-electron chi connectivity index (χ3n) is 5.66. The van der Waals surface area contributed by atoms with Crippen LogP contribution in [0.5, 0.6) is 0 Å². The molecule has 0 bridgehead atoms. The monoisotopic (exact) mass is 499 g/mol. The fraction of sp³-hybridized carbons (Fsp3) is 0.111. The van der Waals surface area contributed by atoms with E-state index in [0.717, 1.165) is 10.4 Å². The highest BCUT2D eigenvalue weighted by Crippen LogP contribution is 2.27. The van der Waals surface area contributed by atoms with Crippen LogP contribution < -0.4 is 10.9 Å². The number of hydrogen-bond acceptors (Lipinski definition) is 5. The maximum Gasteiger partial charge on any atom is 0.256 e. The number of anilines is 1. The molecule has 36 heavy (non-hydrogen) atoms. The van der Waals surface area contributed by atoms with Crippen LogP contribution in [0.1, 0.15) is 22.4 Å². The number of carbonyl (C=O) groups excluding carboxylic acids is 1. The third kappa shape index (κ3) is 5.16. The number of aromatic nitrogens is 4. The predicted octanol–water partition coefficient (Wildman–Crippen LogP) is 4.90. The molecule has 0 saturated carbocycles. The first-order chi connectivity index (χ1) is 17.5. The molecule has 9 heteroatoms. The van der Waals surface area contributed by atoms with E-state index in [1.807, 2.05) is 47.8 Å². The van der Waals surface area contributed by atoms with Crippen LogP contribution in [0, 0.1) is 12.7 Å². The van der Waals surface area contributed by atoms with Gasteiger partial charge in [-0.15, -0.1) is 11.3 Å². The Morgan fingerprint density at radius 2 is 1.83 bits per heavy atom. The lowest BCUT2D eigenvalue weighted by molar-refractivity contribution is -0.115. The minimum Gasteiger partial charge on any atom is -0.310 e. The number of amides is 1. The van der Waals surface area contributed by atoms with Crippen LogP contribution in [0.2, 0.25) is 0 Å². The molecule has 0 aliphatic heterocycles. The molecule has 0 aliphatic carbocycles. The molecular weight excluding hydrogens is 477 g/mol. The largest absolute Gasteiger partial charge is 0.310 e. The molecule has 5 aromatic rings. The van der Waals surface area contributed by atoms with Gasteiger partial charge in [0.1, 0.15) is 17.3 Å². The van der Waals surface area contributed by atoms with Crippen LogP contribution in [0.3, 0.4) is 0 Å². The summed E-state index contributed by atoms with van der Waals surface area (Å²) in [6, 6.07) is 21.0. The van der Waals surface area contributed by atoms with E-state index >= 15 is 0 Å². The second-order valence-corrected chi connectivity index (χ2v) is 9.22. The van der Waals surface area contributed by atoms with E-state index in [1.54, 1.807) is 25.1 Å². The molecule has 0 saturated heterocycles. The summed E-state index contributed by atoms with van der Waals surface area (Å²) in [5.41, 5.74) is 3.19. The van der Waals surface area contributed by atoms with Crippen molar-refractivity contribution < 1.29 is 9.18 Å². The number of nitrogens with one attached hydrogen (secondary N) is 2. The number of rotatable bonds is 7. The Labute approximate surface area is 210 Å². The SMILES string of the molecule is Cc1nc(-n2nc(-c3cccs3)cc2NC(=O)Cc2ccc(F)cc2)[nH]c(=O)c1Cc1ccccc1. The molecule has 0 fully saturated rings. The van der Waals surface area contributed by atoms with Gasteiger partial charge in [0.05, 0.1) is 17.0 Å². The second kappa shape index (κ2) is 10.1. The number of carbonyl (C=O) groups is 1. The minimum absolute atomic E-state index is 0.0544. The quantitative estimate of drug-likeness (QED) is 0.333. The lowest BCUT2D eigenvalue weighted by atomic mass is 10.1. The topological polar surface area (TPSA) is 92.7 Å². The van der Waals surface area contributed by atoms with Gasteiger partial charge in [-0.1, -0.05) is 48.5 Å². The first-order valence-electron chi connectivity index (χ1n) is 11.3. The Balaban J connectivity index is 1.48. The van der Waals surface area contributed by atoms with Crippen molar-refractivity contribution in [2.45, 2.75) is 19.8 Å². The van der Waals surface area contributed by atoms with Crippen LogP contribution in [0.25, 0.3) is 16.5 Å².